The van der Waals surface area contributed by atoms with Crippen LogP contribution in [0.2, 0.25) is 0 Å². The van der Waals surface area contributed by atoms with Gasteiger partial charge in [0, 0.05) is 38.6 Å². The van der Waals surface area contributed by atoms with Crippen LogP contribution < -0.4 is 15.2 Å². The predicted molar refractivity (Wildman–Crippen MR) is 122 cm³/mol. The van der Waals surface area contributed by atoms with E-state index in [4.69, 9.17) is 15.2 Å². The second-order valence-corrected chi connectivity index (χ2v) is 7.63. The number of rotatable bonds is 7. The van der Waals surface area contributed by atoms with Gasteiger partial charge in [-0.3, -0.25) is 9.59 Å². The lowest BCUT2D eigenvalue weighted by molar-refractivity contribution is -0.133. The molecule has 0 aromatic heterocycles. The van der Waals surface area contributed by atoms with Gasteiger partial charge in [0.25, 0.3) is 5.91 Å². The summed E-state index contributed by atoms with van der Waals surface area (Å²) in [7, 11) is 2.98. The minimum absolute atomic E-state index is 0. The van der Waals surface area contributed by atoms with Crippen LogP contribution in [0.1, 0.15) is 22.3 Å². The fourth-order valence-electron chi connectivity index (χ4n) is 3.77. The second kappa shape index (κ2) is 11.8. The number of amides is 2. The molecule has 0 saturated carbocycles. The third-order valence-corrected chi connectivity index (χ3v) is 5.48. The highest BCUT2D eigenvalue weighted by atomic mass is 35.5. The van der Waals surface area contributed by atoms with Gasteiger partial charge < -0.3 is 25.0 Å². The second-order valence-electron chi connectivity index (χ2n) is 7.63. The zero-order valence-electron chi connectivity index (χ0n) is 18.6. The van der Waals surface area contributed by atoms with E-state index in [0.29, 0.717) is 48.8 Å². The lowest BCUT2D eigenvalue weighted by Crippen LogP contribution is -2.51. The average Bonchev–Trinajstić information content (AvgIpc) is 2.80. The predicted octanol–water partition coefficient (Wildman–Crippen LogP) is 2.65. The smallest absolute Gasteiger partial charge is 0.261 e. The van der Waals surface area contributed by atoms with Gasteiger partial charge in [-0.25, -0.2) is 8.78 Å². The SMILES string of the molecule is COc1cccc(OC)c1C(=O)N1CCN(C(=O)C[C@H](N)Cc2ccc(F)c(F)c2)CC1.Cl. The van der Waals surface area contributed by atoms with Gasteiger partial charge in [0.2, 0.25) is 5.91 Å². The lowest BCUT2D eigenvalue weighted by atomic mass is 10.0. The number of hydrogen-bond donors (Lipinski definition) is 1. The molecule has 0 radical (unpaired) electrons. The topological polar surface area (TPSA) is 85.1 Å². The van der Waals surface area contributed by atoms with Gasteiger partial charge in [0.05, 0.1) is 14.2 Å². The first kappa shape index (κ1) is 26.3. The first-order chi connectivity index (χ1) is 15.3. The minimum Gasteiger partial charge on any atom is -0.496 e. The van der Waals surface area contributed by atoms with Crippen molar-refractivity contribution in [3.05, 3.63) is 59.2 Å². The highest BCUT2D eigenvalue weighted by Crippen LogP contribution is 2.30. The number of benzene rings is 2. The van der Waals surface area contributed by atoms with E-state index >= 15 is 0 Å². The molecule has 3 rings (SSSR count). The van der Waals surface area contributed by atoms with E-state index in [-0.39, 0.29) is 37.1 Å². The zero-order chi connectivity index (χ0) is 23.3. The van der Waals surface area contributed by atoms with Crippen LogP contribution in [-0.4, -0.2) is 68.1 Å². The maximum absolute atomic E-state index is 13.4. The van der Waals surface area contributed by atoms with E-state index in [2.05, 4.69) is 0 Å². The molecule has 1 atom stereocenters. The highest BCUT2D eigenvalue weighted by Gasteiger charge is 2.29. The monoisotopic (exact) mass is 483 g/mol. The Hall–Kier alpha value is -2.91. The molecule has 0 spiro atoms. The summed E-state index contributed by atoms with van der Waals surface area (Å²) in [6.45, 7) is 1.48. The van der Waals surface area contributed by atoms with E-state index in [0.717, 1.165) is 12.1 Å². The normalized spacial score (nSPS) is 14.3. The molecular weight excluding hydrogens is 456 g/mol. The third kappa shape index (κ3) is 6.33. The van der Waals surface area contributed by atoms with Crippen molar-refractivity contribution in [2.45, 2.75) is 18.9 Å². The van der Waals surface area contributed by atoms with Gasteiger partial charge in [0.15, 0.2) is 11.6 Å². The van der Waals surface area contributed by atoms with Gasteiger partial charge in [-0.05, 0) is 36.2 Å². The van der Waals surface area contributed by atoms with Crippen molar-refractivity contribution in [2.24, 2.45) is 5.73 Å². The zero-order valence-corrected chi connectivity index (χ0v) is 19.4. The molecule has 1 saturated heterocycles. The van der Waals surface area contributed by atoms with Crippen LogP contribution in [-0.2, 0) is 11.2 Å². The number of carbonyl (C=O) groups excluding carboxylic acids is 2. The quantitative estimate of drug-likeness (QED) is 0.654. The Morgan fingerprint density at radius 2 is 1.55 bits per heavy atom. The molecular formula is C23H28ClF2N3O4. The maximum Gasteiger partial charge on any atom is 0.261 e. The van der Waals surface area contributed by atoms with Gasteiger partial charge in [-0.2, -0.15) is 0 Å². The molecule has 2 amide bonds. The van der Waals surface area contributed by atoms with Gasteiger partial charge >= 0.3 is 0 Å². The molecule has 0 aliphatic carbocycles. The molecule has 33 heavy (non-hydrogen) atoms. The van der Waals surface area contributed by atoms with Crippen molar-refractivity contribution < 1.29 is 27.8 Å². The molecule has 7 nitrogen and oxygen atoms in total. The largest absolute Gasteiger partial charge is 0.496 e. The summed E-state index contributed by atoms with van der Waals surface area (Å²) in [6, 6.07) is 8.22. The summed E-state index contributed by atoms with van der Waals surface area (Å²) < 4.78 is 37.1. The first-order valence-corrected chi connectivity index (χ1v) is 10.3. The van der Waals surface area contributed by atoms with Gasteiger partial charge in [-0.15, -0.1) is 12.4 Å². The molecule has 2 aromatic carbocycles. The van der Waals surface area contributed by atoms with Crippen LogP contribution in [0.15, 0.2) is 36.4 Å². The Bertz CT molecular complexity index is 962. The number of methoxy groups -OCH3 is 2. The number of piperazine rings is 1. The Kier molecular flexibility index (Phi) is 9.43. The fourth-order valence-corrected chi connectivity index (χ4v) is 3.77. The summed E-state index contributed by atoms with van der Waals surface area (Å²) in [6.07, 6.45) is 0.336. The number of halogens is 3. The van der Waals surface area contributed by atoms with E-state index in [1.165, 1.54) is 20.3 Å². The number of hydrogen-bond acceptors (Lipinski definition) is 5. The number of nitrogens with zero attached hydrogens (tertiary/aromatic N) is 2. The first-order valence-electron chi connectivity index (χ1n) is 10.3. The molecule has 10 heteroatoms. The fraction of sp³-hybridized carbons (Fsp3) is 0.391. The van der Waals surface area contributed by atoms with E-state index < -0.39 is 17.7 Å². The van der Waals surface area contributed by atoms with Gasteiger partial charge in [-0.1, -0.05) is 12.1 Å². The van der Waals surface area contributed by atoms with Crippen molar-refractivity contribution >= 4 is 24.2 Å². The van der Waals surface area contributed by atoms with Crippen LogP contribution in [0, 0.1) is 11.6 Å². The third-order valence-electron chi connectivity index (χ3n) is 5.48. The molecule has 1 aliphatic rings. The van der Waals surface area contributed by atoms with Gasteiger partial charge in [0.1, 0.15) is 17.1 Å². The molecule has 0 unspecified atom stereocenters. The Balaban J connectivity index is 0.00000385. The summed E-state index contributed by atoms with van der Waals surface area (Å²) in [5.74, 6) is -1.36. The van der Waals surface area contributed by atoms with Crippen LogP contribution in [0.5, 0.6) is 11.5 Å². The van der Waals surface area contributed by atoms with Crippen molar-refractivity contribution in [1.82, 2.24) is 9.80 Å². The Morgan fingerprint density at radius 1 is 0.970 bits per heavy atom. The number of nitrogens with two attached hydrogens (primary N) is 1. The molecule has 1 heterocycles. The summed E-state index contributed by atoms with van der Waals surface area (Å²) in [5.41, 5.74) is 6.95. The van der Waals surface area contributed by atoms with Crippen molar-refractivity contribution in [1.29, 1.82) is 0 Å². The number of ether oxygens (including phenoxy) is 2. The molecule has 1 fully saturated rings. The summed E-state index contributed by atoms with van der Waals surface area (Å²) in [4.78, 5) is 29.0. The van der Waals surface area contributed by atoms with E-state index in [9.17, 15) is 18.4 Å². The van der Waals surface area contributed by atoms with E-state index in [1.807, 2.05) is 0 Å². The maximum atomic E-state index is 13.4. The molecule has 2 N–H and O–H groups in total. The van der Waals surface area contributed by atoms with Crippen LogP contribution in [0.4, 0.5) is 8.78 Å². The van der Waals surface area contributed by atoms with E-state index in [1.54, 1.807) is 28.0 Å². The lowest BCUT2D eigenvalue weighted by Gasteiger charge is -2.35. The van der Waals surface area contributed by atoms with Crippen LogP contribution >= 0.6 is 12.4 Å². The summed E-state index contributed by atoms with van der Waals surface area (Å²) in [5, 5.41) is 0. The molecule has 0 bridgehead atoms. The van der Waals surface area contributed by atoms with Crippen molar-refractivity contribution in [2.75, 3.05) is 40.4 Å². The van der Waals surface area contributed by atoms with Crippen LogP contribution in [0.25, 0.3) is 0 Å². The summed E-state index contributed by atoms with van der Waals surface area (Å²) >= 11 is 0. The standard InChI is InChI=1S/C23H27F2N3O4.ClH/c1-31-19-4-3-5-20(32-2)22(19)23(30)28-10-8-27(9-11-28)21(29)14-16(26)12-15-6-7-17(24)18(25)13-15;/h3-7,13,16H,8-12,14,26H2,1-2H3;1H/t16-;/m1./s1. The van der Waals surface area contributed by atoms with Crippen LogP contribution in [0.3, 0.4) is 0 Å². The Morgan fingerprint density at radius 3 is 2.09 bits per heavy atom. The van der Waals surface area contributed by atoms with Crippen molar-refractivity contribution in [3.63, 3.8) is 0 Å². The number of carbonyl (C=O) groups is 2. The van der Waals surface area contributed by atoms with Crippen molar-refractivity contribution in [3.8, 4) is 11.5 Å². The molecule has 1 aliphatic heterocycles. The Labute approximate surface area is 197 Å². The molecule has 2 aromatic rings. The minimum atomic E-state index is -0.937. The average molecular weight is 484 g/mol. The highest BCUT2D eigenvalue weighted by molar-refractivity contribution is 6.00. The molecule has 180 valence electrons.